The predicted molar refractivity (Wildman–Crippen MR) is 116 cm³/mol. The SMILES string of the molecule is COc1ccc(C2SCCN2C(=O)C2(c3ccccc3)CCOCC2)cc1Br. The summed E-state index contributed by atoms with van der Waals surface area (Å²) in [4.78, 5) is 16.0. The molecule has 0 saturated carbocycles. The molecule has 0 radical (unpaired) electrons. The lowest BCUT2D eigenvalue weighted by Gasteiger charge is -2.40. The van der Waals surface area contributed by atoms with Gasteiger partial charge in [-0.05, 0) is 52.0 Å². The highest BCUT2D eigenvalue weighted by atomic mass is 79.9. The molecule has 1 amide bonds. The first-order valence-corrected chi connectivity index (χ1v) is 11.4. The Morgan fingerprint density at radius 3 is 2.64 bits per heavy atom. The van der Waals surface area contributed by atoms with E-state index < -0.39 is 5.41 Å². The number of hydrogen-bond donors (Lipinski definition) is 0. The standard InChI is InChI=1S/C22H24BrNO3S/c1-26-19-8-7-16(15-18(19)23)20-24(11-14-28-20)21(25)22(9-12-27-13-10-22)17-5-3-2-4-6-17/h2-8,15,20H,9-14H2,1H3. The van der Waals surface area contributed by atoms with Crippen LogP contribution in [0.1, 0.15) is 29.3 Å². The lowest BCUT2D eigenvalue weighted by molar-refractivity contribution is -0.141. The fourth-order valence-electron chi connectivity index (χ4n) is 4.17. The molecule has 4 nitrogen and oxygen atoms in total. The van der Waals surface area contributed by atoms with Gasteiger partial charge >= 0.3 is 0 Å². The van der Waals surface area contributed by atoms with Crippen LogP contribution in [0.2, 0.25) is 0 Å². The minimum atomic E-state index is -0.494. The van der Waals surface area contributed by atoms with Crippen molar-refractivity contribution in [3.05, 3.63) is 64.1 Å². The molecule has 28 heavy (non-hydrogen) atoms. The van der Waals surface area contributed by atoms with Crippen molar-refractivity contribution in [2.24, 2.45) is 0 Å². The minimum Gasteiger partial charge on any atom is -0.496 e. The molecular formula is C22H24BrNO3S. The number of hydrogen-bond acceptors (Lipinski definition) is 4. The van der Waals surface area contributed by atoms with Crippen LogP contribution in [-0.4, -0.2) is 43.4 Å². The van der Waals surface area contributed by atoms with Gasteiger partial charge in [0, 0.05) is 25.5 Å². The third-order valence-corrected chi connectivity index (χ3v) is 7.58. The summed E-state index contributed by atoms with van der Waals surface area (Å²) in [6.45, 7) is 2.02. The van der Waals surface area contributed by atoms with Crippen LogP contribution in [0.15, 0.2) is 53.0 Å². The van der Waals surface area contributed by atoms with Gasteiger partial charge in [-0.15, -0.1) is 11.8 Å². The Kier molecular flexibility index (Phi) is 5.99. The second kappa shape index (κ2) is 8.47. The van der Waals surface area contributed by atoms with Gasteiger partial charge in [-0.1, -0.05) is 36.4 Å². The van der Waals surface area contributed by atoms with Crippen LogP contribution >= 0.6 is 27.7 Å². The molecule has 2 fully saturated rings. The van der Waals surface area contributed by atoms with Crippen molar-refractivity contribution in [2.75, 3.05) is 32.6 Å². The van der Waals surface area contributed by atoms with Gasteiger partial charge in [-0.3, -0.25) is 4.79 Å². The van der Waals surface area contributed by atoms with E-state index in [1.54, 1.807) is 7.11 Å². The smallest absolute Gasteiger partial charge is 0.234 e. The fraction of sp³-hybridized carbons (Fsp3) is 0.409. The van der Waals surface area contributed by atoms with E-state index in [1.807, 2.05) is 36.0 Å². The quantitative estimate of drug-likeness (QED) is 0.656. The zero-order valence-electron chi connectivity index (χ0n) is 15.9. The molecular weight excluding hydrogens is 438 g/mol. The van der Waals surface area contributed by atoms with E-state index in [9.17, 15) is 4.79 Å². The zero-order chi connectivity index (χ0) is 19.6. The Morgan fingerprint density at radius 1 is 1.21 bits per heavy atom. The summed E-state index contributed by atoms with van der Waals surface area (Å²) >= 11 is 5.41. The molecule has 148 valence electrons. The molecule has 0 N–H and O–H groups in total. The maximum atomic E-state index is 13.9. The molecule has 0 aromatic heterocycles. The van der Waals surface area contributed by atoms with Gasteiger partial charge in [0.25, 0.3) is 0 Å². The number of benzene rings is 2. The van der Waals surface area contributed by atoms with Crippen molar-refractivity contribution in [3.8, 4) is 5.75 Å². The molecule has 1 unspecified atom stereocenters. The topological polar surface area (TPSA) is 38.8 Å². The normalized spacial score (nSPS) is 21.5. The third kappa shape index (κ3) is 3.58. The van der Waals surface area contributed by atoms with Crippen LogP contribution < -0.4 is 4.74 Å². The van der Waals surface area contributed by atoms with Gasteiger partial charge < -0.3 is 14.4 Å². The van der Waals surface area contributed by atoms with Crippen LogP contribution in [0, 0.1) is 0 Å². The first-order valence-electron chi connectivity index (χ1n) is 9.55. The molecule has 2 saturated heterocycles. The van der Waals surface area contributed by atoms with Gasteiger partial charge in [0.1, 0.15) is 11.1 Å². The van der Waals surface area contributed by atoms with Gasteiger partial charge in [0.2, 0.25) is 5.91 Å². The first-order chi connectivity index (χ1) is 13.7. The largest absolute Gasteiger partial charge is 0.496 e. The molecule has 2 aliphatic heterocycles. The Labute approximate surface area is 178 Å². The van der Waals surface area contributed by atoms with Crippen molar-refractivity contribution < 1.29 is 14.3 Å². The number of methoxy groups -OCH3 is 1. The maximum absolute atomic E-state index is 13.9. The second-order valence-corrected chi connectivity index (χ2v) is 9.22. The third-order valence-electron chi connectivity index (χ3n) is 5.69. The lowest BCUT2D eigenvalue weighted by atomic mass is 9.73. The Bertz CT molecular complexity index is 839. The molecule has 4 rings (SSSR count). The monoisotopic (exact) mass is 461 g/mol. The Balaban J connectivity index is 1.67. The van der Waals surface area contributed by atoms with Crippen LogP contribution in [0.25, 0.3) is 0 Å². The molecule has 0 aliphatic carbocycles. The summed E-state index contributed by atoms with van der Waals surface area (Å²) in [5, 5.41) is 0.0261. The molecule has 2 aromatic carbocycles. The molecule has 2 aliphatic rings. The molecule has 1 atom stereocenters. The summed E-state index contributed by atoms with van der Waals surface area (Å²) in [6, 6.07) is 16.3. The molecule has 6 heteroatoms. The number of rotatable bonds is 4. The average Bonchev–Trinajstić information content (AvgIpc) is 3.24. The van der Waals surface area contributed by atoms with Crippen molar-refractivity contribution in [1.29, 1.82) is 0 Å². The highest BCUT2D eigenvalue weighted by Crippen LogP contribution is 2.45. The van der Waals surface area contributed by atoms with Crippen molar-refractivity contribution >= 4 is 33.6 Å². The van der Waals surface area contributed by atoms with Crippen molar-refractivity contribution in [1.82, 2.24) is 4.90 Å². The number of nitrogens with zero attached hydrogens (tertiary/aromatic N) is 1. The van der Waals surface area contributed by atoms with Crippen LogP contribution in [0.5, 0.6) is 5.75 Å². The van der Waals surface area contributed by atoms with Crippen molar-refractivity contribution in [3.63, 3.8) is 0 Å². The molecule has 2 heterocycles. The van der Waals surface area contributed by atoms with E-state index in [4.69, 9.17) is 9.47 Å². The highest BCUT2D eigenvalue weighted by Gasteiger charge is 2.47. The van der Waals surface area contributed by atoms with E-state index in [0.717, 1.165) is 46.5 Å². The first kappa shape index (κ1) is 19.8. The number of thioether (sulfide) groups is 1. The Morgan fingerprint density at radius 2 is 1.96 bits per heavy atom. The molecule has 0 spiro atoms. The van der Waals surface area contributed by atoms with Crippen LogP contribution in [0.4, 0.5) is 0 Å². The van der Waals surface area contributed by atoms with E-state index in [2.05, 4.69) is 45.1 Å². The summed E-state index contributed by atoms with van der Waals surface area (Å²) in [6.07, 6.45) is 1.46. The van der Waals surface area contributed by atoms with Gasteiger partial charge in [-0.25, -0.2) is 0 Å². The number of halogens is 1. The summed E-state index contributed by atoms with van der Waals surface area (Å²) in [5.74, 6) is 1.97. The van der Waals surface area contributed by atoms with Gasteiger partial charge in [-0.2, -0.15) is 0 Å². The van der Waals surface area contributed by atoms with E-state index in [0.29, 0.717) is 13.2 Å². The zero-order valence-corrected chi connectivity index (χ0v) is 18.3. The van der Waals surface area contributed by atoms with Crippen LogP contribution in [-0.2, 0) is 14.9 Å². The number of ether oxygens (including phenoxy) is 2. The van der Waals surface area contributed by atoms with E-state index >= 15 is 0 Å². The van der Waals surface area contributed by atoms with Crippen molar-refractivity contribution in [2.45, 2.75) is 23.6 Å². The van der Waals surface area contributed by atoms with E-state index in [-0.39, 0.29) is 11.3 Å². The number of carbonyl (C=O) groups excluding carboxylic acids is 1. The maximum Gasteiger partial charge on any atom is 0.234 e. The number of amides is 1. The minimum absolute atomic E-state index is 0.0261. The fourth-order valence-corrected chi connectivity index (χ4v) is 5.97. The lowest BCUT2D eigenvalue weighted by Crippen LogP contribution is -2.49. The molecule has 2 aromatic rings. The van der Waals surface area contributed by atoms with E-state index in [1.165, 1.54) is 0 Å². The van der Waals surface area contributed by atoms with Gasteiger partial charge in [0.05, 0.1) is 17.0 Å². The Hall–Kier alpha value is -1.50. The van der Waals surface area contributed by atoms with Crippen LogP contribution in [0.3, 0.4) is 0 Å². The van der Waals surface area contributed by atoms with Gasteiger partial charge in [0.15, 0.2) is 0 Å². The second-order valence-electron chi connectivity index (χ2n) is 7.18. The summed E-state index contributed by atoms with van der Waals surface area (Å²) in [7, 11) is 1.66. The summed E-state index contributed by atoms with van der Waals surface area (Å²) < 4.78 is 11.9. The molecule has 0 bridgehead atoms. The predicted octanol–water partition coefficient (Wildman–Crippen LogP) is 4.78. The summed E-state index contributed by atoms with van der Waals surface area (Å²) in [5.41, 5.74) is 1.74. The number of carbonyl (C=O) groups is 1. The average molecular weight is 462 g/mol. The highest BCUT2D eigenvalue weighted by molar-refractivity contribution is 9.10.